The van der Waals surface area contributed by atoms with Gasteiger partial charge < -0.3 is 5.32 Å². The van der Waals surface area contributed by atoms with Crippen molar-refractivity contribution in [3.8, 4) is 0 Å². The summed E-state index contributed by atoms with van der Waals surface area (Å²) in [6, 6.07) is 0. The first kappa shape index (κ1) is 12.4. The van der Waals surface area contributed by atoms with E-state index in [1.54, 1.807) is 0 Å². The molecular formula is C15H29N. The predicted molar refractivity (Wildman–Crippen MR) is 70.6 cm³/mol. The van der Waals surface area contributed by atoms with Gasteiger partial charge in [-0.25, -0.2) is 0 Å². The van der Waals surface area contributed by atoms with Gasteiger partial charge in [-0.2, -0.15) is 0 Å². The number of hydrogen-bond donors (Lipinski definition) is 1. The van der Waals surface area contributed by atoms with Crippen molar-refractivity contribution in [3.05, 3.63) is 0 Å². The molecule has 2 saturated carbocycles. The van der Waals surface area contributed by atoms with Crippen molar-refractivity contribution in [3.63, 3.8) is 0 Å². The molecule has 0 heterocycles. The third-order valence-corrected chi connectivity index (χ3v) is 4.97. The first-order valence-electron chi connectivity index (χ1n) is 7.51. The van der Waals surface area contributed by atoms with E-state index in [0.29, 0.717) is 0 Å². The normalized spacial score (nSPS) is 37.9. The summed E-state index contributed by atoms with van der Waals surface area (Å²) in [5.41, 5.74) is 0.810. The van der Waals surface area contributed by atoms with E-state index in [2.05, 4.69) is 19.2 Å². The Labute approximate surface area is 101 Å². The lowest BCUT2D eigenvalue weighted by molar-refractivity contribution is 0.227. The SMILES string of the molecule is CCCNCC1CC12CCC(CCC)CC2. The summed E-state index contributed by atoms with van der Waals surface area (Å²) < 4.78 is 0. The highest BCUT2D eigenvalue weighted by Crippen LogP contribution is 2.62. The Hall–Kier alpha value is -0.0400. The Morgan fingerprint density at radius 3 is 2.50 bits per heavy atom. The average Bonchev–Trinajstić information content (AvgIpc) is 2.96. The van der Waals surface area contributed by atoms with E-state index < -0.39 is 0 Å². The van der Waals surface area contributed by atoms with Crippen molar-refractivity contribution < 1.29 is 0 Å². The lowest BCUT2D eigenvalue weighted by atomic mass is 9.77. The molecule has 2 aliphatic carbocycles. The van der Waals surface area contributed by atoms with Crippen molar-refractivity contribution in [2.45, 2.75) is 65.2 Å². The van der Waals surface area contributed by atoms with Gasteiger partial charge in [-0.05, 0) is 68.9 Å². The van der Waals surface area contributed by atoms with Crippen molar-refractivity contribution in [2.24, 2.45) is 17.3 Å². The van der Waals surface area contributed by atoms with Gasteiger partial charge in [0.2, 0.25) is 0 Å². The van der Waals surface area contributed by atoms with Crippen LogP contribution in [-0.4, -0.2) is 13.1 Å². The molecule has 0 aromatic heterocycles. The molecule has 16 heavy (non-hydrogen) atoms. The van der Waals surface area contributed by atoms with Crippen LogP contribution in [0, 0.1) is 17.3 Å². The number of hydrogen-bond acceptors (Lipinski definition) is 1. The van der Waals surface area contributed by atoms with E-state index >= 15 is 0 Å². The van der Waals surface area contributed by atoms with Crippen LogP contribution in [0.1, 0.15) is 65.2 Å². The number of rotatable bonds is 6. The summed E-state index contributed by atoms with van der Waals surface area (Å²) >= 11 is 0. The molecule has 0 saturated heterocycles. The topological polar surface area (TPSA) is 12.0 Å². The van der Waals surface area contributed by atoms with Crippen LogP contribution in [0.15, 0.2) is 0 Å². The van der Waals surface area contributed by atoms with Gasteiger partial charge in [0.15, 0.2) is 0 Å². The molecule has 1 unspecified atom stereocenters. The zero-order valence-electron chi connectivity index (χ0n) is 11.2. The Morgan fingerprint density at radius 1 is 1.12 bits per heavy atom. The molecule has 0 bridgehead atoms. The van der Waals surface area contributed by atoms with Crippen LogP contribution in [0.5, 0.6) is 0 Å². The maximum Gasteiger partial charge on any atom is -0.00150 e. The Bertz CT molecular complexity index is 203. The highest BCUT2D eigenvalue weighted by molar-refractivity contribution is 5.04. The molecule has 1 atom stereocenters. The summed E-state index contributed by atoms with van der Waals surface area (Å²) in [5, 5.41) is 3.60. The van der Waals surface area contributed by atoms with E-state index in [0.717, 1.165) is 17.3 Å². The van der Waals surface area contributed by atoms with Crippen molar-refractivity contribution in [2.75, 3.05) is 13.1 Å². The minimum absolute atomic E-state index is 0.810. The Kier molecular flexibility index (Phi) is 4.29. The summed E-state index contributed by atoms with van der Waals surface area (Å²) in [7, 11) is 0. The maximum atomic E-state index is 3.60. The monoisotopic (exact) mass is 223 g/mol. The van der Waals surface area contributed by atoms with E-state index in [1.807, 2.05) is 0 Å². The largest absolute Gasteiger partial charge is 0.316 e. The highest BCUT2D eigenvalue weighted by Gasteiger charge is 2.53. The average molecular weight is 223 g/mol. The first-order valence-corrected chi connectivity index (χ1v) is 7.51. The molecule has 0 aromatic rings. The van der Waals surface area contributed by atoms with Gasteiger partial charge in [0.1, 0.15) is 0 Å². The second kappa shape index (κ2) is 5.53. The third kappa shape index (κ3) is 2.80. The van der Waals surface area contributed by atoms with Crippen LogP contribution >= 0.6 is 0 Å². The molecule has 2 aliphatic rings. The van der Waals surface area contributed by atoms with Crippen molar-refractivity contribution >= 4 is 0 Å². The van der Waals surface area contributed by atoms with Crippen molar-refractivity contribution in [1.29, 1.82) is 0 Å². The molecule has 0 amide bonds. The highest BCUT2D eigenvalue weighted by atomic mass is 14.9. The molecule has 1 spiro atoms. The molecular weight excluding hydrogens is 194 g/mol. The van der Waals surface area contributed by atoms with Crippen LogP contribution in [0.25, 0.3) is 0 Å². The maximum absolute atomic E-state index is 3.60. The van der Waals surface area contributed by atoms with Crippen LogP contribution < -0.4 is 5.32 Å². The fraction of sp³-hybridized carbons (Fsp3) is 1.00. The second-order valence-electron chi connectivity index (χ2n) is 6.20. The molecule has 0 radical (unpaired) electrons. The van der Waals surface area contributed by atoms with Crippen molar-refractivity contribution in [1.82, 2.24) is 5.32 Å². The van der Waals surface area contributed by atoms with Gasteiger partial charge >= 0.3 is 0 Å². The Morgan fingerprint density at radius 2 is 1.88 bits per heavy atom. The fourth-order valence-electron chi connectivity index (χ4n) is 3.74. The first-order chi connectivity index (χ1) is 7.80. The van der Waals surface area contributed by atoms with Crippen LogP contribution in [0.3, 0.4) is 0 Å². The summed E-state index contributed by atoms with van der Waals surface area (Å²) in [6.07, 6.45) is 11.8. The van der Waals surface area contributed by atoms with Gasteiger partial charge in [-0.1, -0.05) is 26.7 Å². The van der Waals surface area contributed by atoms with E-state index in [4.69, 9.17) is 0 Å². The van der Waals surface area contributed by atoms with Gasteiger partial charge in [0, 0.05) is 0 Å². The minimum Gasteiger partial charge on any atom is -0.316 e. The van der Waals surface area contributed by atoms with Gasteiger partial charge in [-0.15, -0.1) is 0 Å². The zero-order chi connectivity index (χ0) is 11.4. The molecule has 0 aromatic carbocycles. The number of nitrogens with one attached hydrogen (secondary N) is 1. The third-order valence-electron chi connectivity index (χ3n) is 4.97. The van der Waals surface area contributed by atoms with Gasteiger partial charge in [0.25, 0.3) is 0 Å². The Balaban J connectivity index is 1.66. The minimum atomic E-state index is 0.810. The quantitative estimate of drug-likeness (QED) is 0.672. The molecule has 1 heteroatoms. The van der Waals surface area contributed by atoms with Crippen LogP contribution in [0.4, 0.5) is 0 Å². The molecule has 94 valence electrons. The summed E-state index contributed by atoms with van der Waals surface area (Å²) in [6.45, 7) is 7.10. The lowest BCUT2D eigenvalue weighted by Gasteiger charge is -2.29. The van der Waals surface area contributed by atoms with Crippen LogP contribution in [-0.2, 0) is 0 Å². The lowest BCUT2D eigenvalue weighted by Crippen LogP contribution is -2.23. The molecule has 0 aliphatic heterocycles. The standard InChI is InChI=1S/C15H29N/c1-3-5-13-6-8-15(9-7-13)11-14(15)12-16-10-4-2/h13-14,16H,3-12H2,1-2H3. The summed E-state index contributed by atoms with van der Waals surface area (Å²) in [4.78, 5) is 0. The molecule has 2 rings (SSSR count). The molecule has 1 nitrogen and oxygen atoms in total. The summed E-state index contributed by atoms with van der Waals surface area (Å²) in [5.74, 6) is 2.10. The van der Waals surface area contributed by atoms with Crippen LogP contribution in [0.2, 0.25) is 0 Å². The smallest absolute Gasteiger partial charge is 0.00150 e. The van der Waals surface area contributed by atoms with E-state index in [1.165, 1.54) is 64.5 Å². The van der Waals surface area contributed by atoms with Gasteiger partial charge in [0.05, 0.1) is 0 Å². The second-order valence-corrected chi connectivity index (χ2v) is 6.20. The zero-order valence-corrected chi connectivity index (χ0v) is 11.2. The van der Waals surface area contributed by atoms with E-state index in [-0.39, 0.29) is 0 Å². The fourth-order valence-corrected chi connectivity index (χ4v) is 3.74. The molecule has 2 fully saturated rings. The van der Waals surface area contributed by atoms with E-state index in [9.17, 15) is 0 Å². The predicted octanol–water partition coefficient (Wildman–Crippen LogP) is 3.98. The van der Waals surface area contributed by atoms with Gasteiger partial charge in [-0.3, -0.25) is 0 Å². The molecule has 1 N–H and O–H groups in total.